The number of urea groups is 1. The van der Waals surface area contributed by atoms with Crippen molar-refractivity contribution in [3.8, 4) is 11.8 Å². The molecule has 1 aliphatic rings. The van der Waals surface area contributed by atoms with Crippen molar-refractivity contribution < 1.29 is 19.1 Å². The predicted octanol–water partition coefficient (Wildman–Crippen LogP) is 4.09. The fraction of sp³-hybridized carbons (Fsp3) is 0.100. The molecule has 0 aliphatic carbocycles. The molecule has 0 radical (unpaired) electrons. The average molecular weight is 519 g/mol. The van der Waals surface area contributed by atoms with Gasteiger partial charge in [-0.25, -0.2) is 9.69 Å². The van der Waals surface area contributed by atoms with E-state index >= 15 is 0 Å². The summed E-state index contributed by atoms with van der Waals surface area (Å²) in [5.41, 5.74) is 1.66. The molecule has 0 aromatic heterocycles. The summed E-state index contributed by atoms with van der Waals surface area (Å²) in [6.07, 6.45) is 1.38. The van der Waals surface area contributed by atoms with Crippen LogP contribution in [0, 0.1) is 18.3 Å². The highest BCUT2D eigenvalue weighted by Crippen LogP contribution is 2.35. The highest BCUT2D eigenvalue weighted by atomic mass is 79.9. The standard InChI is InChI=1S/C20H13Br2N3O4/c1-11-2-4-13(5-3-11)25-19(27)14(18(26)24-20(25)28)8-12-9-15(21)17(16(22)10-12)29-7-6-23/h2-5,8-10H,7H2,1H3,(H,24,26,28)/b14-8+. The van der Waals surface area contributed by atoms with Crippen LogP contribution in [-0.4, -0.2) is 24.5 Å². The highest BCUT2D eigenvalue weighted by molar-refractivity contribution is 9.11. The van der Waals surface area contributed by atoms with Crippen molar-refractivity contribution >= 4 is 61.5 Å². The number of nitrogens with one attached hydrogen (secondary N) is 1. The summed E-state index contributed by atoms with van der Waals surface area (Å²) in [6, 6.07) is 11.2. The second-order valence-corrected chi connectivity index (χ2v) is 7.76. The lowest BCUT2D eigenvalue weighted by Gasteiger charge is -2.26. The van der Waals surface area contributed by atoms with Crippen molar-refractivity contribution in [1.82, 2.24) is 5.32 Å². The first kappa shape index (κ1) is 20.8. The van der Waals surface area contributed by atoms with Crippen LogP contribution in [0.15, 0.2) is 50.9 Å². The third-order valence-corrected chi connectivity index (χ3v) is 5.18. The molecule has 3 rings (SSSR count). The van der Waals surface area contributed by atoms with Crippen molar-refractivity contribution in [2.24, 2.45) is 0 Å². The lowest BCUT2D eigenvalue weighted by atomic mass is 10.1. The maximum Gasteiger partial charge on any atom is 0.335 e. The first-order chi connectivity index (χ1) is 13.8. The largest absolute Gasteiger partial charge is 0.476 e. The molecule has 1 saturated heterocycles. The van der Waals surface area contributed by atoms with Crippen LogP contribution < -0.4 is 15.0 Å². The molecule has 1 fully saturated rings. The lowest BCUT2D eigenvalue weighted by molar-refractivity contribution is -0.122. The summed E-state index contributed by atoms with van der Waals surface area (Å²) >= 11 is 6.69. The zero-order valence-corrected chi connectivity index (χ0v) is 18.2. The van der Waals surface area contributed by atoms with Crippen LogP contribution in [0.5, 0.6) is 5.75 Å². The van der Waals surface area contributed by atoms with Crippen LogP contribution >= 0.6 is 31.9 Å². The molecular formula is C20H13Br2N3O4. The quantitative estimate of drug-likeness (QED) is 0.485. The van der Waals surface area contributed by atoms with Crippen LogP contribution in [0.4, 0.5) is 10.5 Å². The molecule has 2 aromatic carbocycles. The SMILES string of the molecule is Cc1ccc(N2C(=O)NC(=O)/C(=C\c3cc(Br)c(OCC#N)c(Br)c3)C2=O)cc1. The number of ether oxygens (including phenoxy) is 1. The number of nitriles is 1. The van der Waals surface area contributed by atoms with Crippen molar-refractivity contribution in [3.05, 3.63) is 62.0 Å². The van der Waals surface area contributed by atoms with E-state index in [9.17, 15) is 14.4 Å². The van der Waals surface area contributed by atoms with E-state index in [1.165, 1.54) is 6.08 Å². The Balaban J connectivity index is 1.98. The molecule has 2 aromatic rings. The third-order valence-electron chi connectivity index (χ3n) is 4.01. The fourth-order valence-corrected chi connectivity index (χ4v) is 4.11. The van der Waals surface area contributed by atoms with Gasteiger partial charge < -0.3 is 4.74 Å². The third kappa shape index (κ3) is 4.39. The summed E-state index contributed by atoms with van der Waals surface area (Å²) in [4.78, 5) is 38.4. The molecule has 0 unspecified atom stereocenters. The van der Waals surface area contributed by atoms with Gasteiger partial charge in [-0.3, -0.25) is 14.9 Å². The number of hydrogen-bond donors (Lipinski definition) is 1. The van der Waals surface area contributed by atoms with Gasteiger partial charge in [0, 0.05) is 0 Å². The van der Waals surface area contributed by atoms with Gasteiger partial charge in [-0.05, 0) is 74.7 Å². The summed E-state index contributed by atoms with van der Waals surface area (Å²) < 4.78 is 6.39. The lowest BCUT2D eigenvalue weighted by Crippen LogP contribution is -2.54. The van der Waals surface area contributed by atoms with E-state index in [1.807, 2.05) is 13.0 Å². The van der Waals surface area contributed by atoms with E-state index in [2.05, 4.69) is 37.2 Å². The number of aryl methyl sites for hydroxylation is 1. The Kier molecular flexibility index (Phi) is 6.15. The van der Waals surface area contributed by atoms with E-state index in [0.717, 1.165) is 10.5 Å². The van der Waals surface area contributed by atoms with E-state index in [0.29, 0.717) is 25.9 Å². The van der Waals surface area contributed by atoms with Crippen LogP contribution in [0.1, 0.15) is 11.1 Å². The molecule has 1 aliphatic heterocycles. The summed E-state index contributed by atoms with van der Waals surface area (Å²) in [5.74, 6) is -1.08. The maximum atomic E-state index is 12.9. The minimum absolute atomic E-state index is 0.133. The van der Waals surface area contributed by atoms with Gasteiger partial charge in [0.25, 0.3) is 11.8 Å². The van der Waals surface area contributed by atoms with Crippen molar-refractivity contribution in [2.45, 2.75) is 6.92 Å². The fourth-order valence-electron chi connectivity index (χ4n) is 2.66. The number of hydrogen-bond acceptors (Lipinski definition) is 5. The topological polar surface area (TPSA) is 99.5 Å². The Labute approximate surface area is 183 Å². The number of benzene rings is 2. The Morgan fingerprint density at radius 2 is 1.76 bits per heavy atom. The monoisotopic (exact) mass is 517 g/mol. The second-order valence-electron chi connectivity index (χ2n) is 6.05. The van der Waals surface area contributed by atoms with Crippen LogP contribution in [0.2, 0.25) is 0 Å². The molecule has 0 atom stereocenters. The minimum atomic E-state index is -0.802. The molecule has 146 valence electrons. The molecular weight excluding hydrogens is 506 g/mol. The van der Waals surface area contributed by atoms with Gasteiger partial charge in [-0.2, -0.15) is 5.26 Å². The van der Waals surface area contributed by atoms with Crippen LogP contribution in [-0.2, 0) is 9.59 Å². The molecule has 29 heavy (non-hydrogen) atoms. The minimum Gasteiger partial charge on any atom is -0.476 e. The molecule has 1 heterocycles. The Morgan fingerprint density at radius 3 is 2.34 bits per heavy atom. The molecule has 0 saturated carbocycles. The molecule has 4 amide bonds. The first-order valence-corrected chi connectivity index (χ1v) is 9.87. The smallest absolute Gasteiger partial charge is 0.335 e. The number of rotatable bonds is 4. The number of amides is 4. The maximum absolute atomic E-state index is 12.9. The van der Waals surface area contributed by atoms with Gasteiger partial charge in [-0.15, -0.1) is 0 Å². The number of nitrogens with zero attached hydrogens (tertiary/aromatic N) is 2. The zero-order valence-electron chi connectivity index (χ0n) is 15.0. The average Bonchev–Trinajstić information content (AvgIpc) is 2.66. The molecule has 0 spiro atoms. The summed E-state index contributed by atoms with van der Waals surface area (Å²) in [7, 11) is 0. The summed E-state index contributed by atoms with van der Waals surface area (Å²) in [6.45, 7) is 1.75. The van der Waals surface area contributed by atoms with Gasteiger partial charge in [0.05, 0.1) is 14.6 Å². The number of anilines is 1. The predicted molar refractivity (Wildman–Crippen MR) is 113 cm³/mol. The van der Waals surface area contributed by atoms with E-state index in [-0.39, 0.29) is 12.2 Å². The first-order valence-electron chi connectivity index (χ1n) is 8.28. The van der Waals surface area contributed by atoms with Gasteiger partial charge in [0.2, 0.25) is 0 Å². The van der Waals surface area contributed by atoms with E-state index in [4.69, 9.17) is 10.00 Å². The Bertz CT molecular complexity index is 1060. The number of barbiturate groups is 1. The number of carbonyl (C=O) groups excluding carboxylic acids is 3. The second kappa shape index (κ2) is 8.59. The highest BCUT2D eigenvalue weighted by Gasteiger charge is 2.36. The Hall–Kier alpha value is -2.96. The van der Waals surface area contributed by atoms with Gasteiger partial charge in [0.1, 0.15) is 17.4 Å². The van der Waals surface area contributed by atoms with Gasteiger partial charge in [0.15, 0.2) is 6.61 Å². The molecule has 1 N–H and O–H groups in total. The summed E-state index contributed by atoms with van der Waals surface area (Å²) in [5, 5.41) is 10.9. The van der Waals surface area contributed by atoms with Crippen molar-refractivity contribution in [3.63, 3.8) is 0 Å². The van der Waals surface area contributed by atoms with Crippen LogP contribution in [0.3, 0.4) is 0 Å². The molecule has 0 bridgehead atoms. The van der Waals surface area contributed by atoms with Gasteiger partial charge in [-0.1, -0.05) is 17.7 Å². The van der Waals surface area contributed by atoms with E-state index < -0.39 is 17.8 Å². The van der Waals surface area contributed by atoms with Crippen molar-refractivity contribution in [2.75, 3.05) is 11.5 Å². The normalized spacial score (nSPS) is 15.3. The van der Waals surface area contributed by atoms with Crippen molar-refractivity contribution in [1.29, 1.82) is 5.26 Å². The number of imide groups is 2. The van der Waals surface area contributed by atoms with E-state index in [1.54, 1.807) is 36.4 Å². The Morgan fingerprint density at radius 1 is 1.14 bits per heavy atom. The molecule has 7 nitrogen and oxygen atoms in total. The zero-order chi connectivity index (χ0) is 21.1. The number of carbonyl (C=O) groups is 3. The van der Waals surface area contributed by atoms with Crippen LogP contribution in [0.25, 0.3) is 6.08 Å². The number of halogens is 2. The molecule has 9 heteroatoms. The van der Waals surface area contributed by atoms with Gasteiger partial charge >= 0.3 is 6.03 Å².